The van der Waals surface area contributed by atoms with Gasteiger partial charge in [-0.2, -0.15) is 5.10 Å². The molecule has 0 atom stereocenters. The minimum absolute atomic E-state index is 0.0926. The van der Waals surface area contributed by atoms with Gasteiger partial charge in [-0.15, -0.1) is 0 Å². The minimum Gasteiger partial charge on any atom is -0.325 e. The van der Waals surface area contributed by atoms with Gasteiger partial charge >= 0.3 is 0 Å². The lowest BCUT2D eigenvalue weighted by atomic mass is 9.71. The zero-order valence-corrected chi connectivity index (χ0v) is 11.1. The molecular formula is C11H18ClN3O. The van der Waals surface area contributed by atoms with Crippen LogP contribution in [0.3, 0.4) is 0 Å². The van der Waals surface area contributed by atoms with E-state index in [-0.39, 0.29) is 5.78 Å². The normalized spacial score (nSPS) is 12.9. The maximum Gasteiger partial charge on any atom is 0.189 e. The molecule has 0 saturated heterocycles. The van der Waals surface area contributed by atoms with Gasteiger partial charge in [0.05, 0.1) is 11.2 Å². The molecule has 1 rings (SSSR count). The van der Waals surface area contributed by atoms with Crippen LogP contribution >= 0.6 is 11.6 Å². The number of nitrogens with zero attached hydrogens (tertiary/aromatic N) is 2. The SMILES string of the molecule is Cn1ncc(Cl)c1C(=O)C(C)(C)C(C)(C)N. The first-order valence-corrected chi connectivity index (χ1v) is 5.48. The van der Waals surface area contributed by atoms with Crippen LogP contribution in [0.4, 0.5) is 0 Å². The van der Waals surface area contributed by atoms with Gasteiger partial charge in [-0.05, 0) is 13.8 Å². The maximum atomic E-state index is 12.4. The third-order valence-electron chi connectivity index (χ3n) is 3.29. The molecule has 1 aromatic heterocycles. The molecule has 0 aliphatic carbocycles. The van der Waals surface area contributed by atoms with Crippen molar-refractivity contribution in [1.82, 2.24) is 9.78 Å². The highest BCUT2D eigenvalue weighted by Crippen LogP contribution is 2.34. The van der Waals surface area contributed by atoms with Crippen LogP contribution in [0.25, 0.3) is 0 Å². The van der Waals surface area contributed by atoms with Crippen molar-refractivity contribution in [2.45, 2.75) is 33.2 Å². The van der Waals surface area contributed by atoms with Crippen LogP contribution in [-0.2, 0) is 7.05 Å². The zero-order valence-electron chi connectivity index (χ0n) is 10.3. The standard InChI is InChI=1S/C11H18ClN3O/c1-10(2,11(3,4)13)9(16)8-7(12)6-14-15(8)5/h6H,13H2,1-5H3. The second kappa shape index (κ2) is 3.86. The summed E-state index contributed by atoms with van der Waals surface area (Å²) in [6.07, 6.45) is 1.47. The summed E-state index contributed by atoms with van der Waals surface area (Å²) in [5.41, 5.74) is 5.10. The van der Waals surface area contributed by atoms with E-state index in [0.29, 0.717) is 10.7 Å². The Morgan fingerprint density at radius 3 is 2.25 bits per heavy atom. The van der Waals surface area contributed by atoms with Crippen molar-refractivity contribution in [3.63, 3.8) is 0 Å². The first-order valence-electron chi connectivity index (χ1n) is 5.10. The molecule has 0 spiro atoms. The Morgan fingerprint density at radius 2 is 1.94 bits per heavy atom. The number of rotatable bonds is 3. The summed E-state index contributed by atoms with van der Waals surface area (Å²) in [7, 11) is 1.69. The van der Waals surface area contributed by atoms with Crippen molar-refractivity contribution >= 4 is 17.4 Å². The molecule has 0 aliphatic heterocycles. The summed E-state index contributed by atoms with van der Waals surface area (Å²) in [4.78, 5) is 12.4. The van der Waals surface area contributed by atoms with Crippen LogP contribution in [0.5, 0.6) is 0 Å². The Kier molecular flexibility index (Phi) is 3.18. The average Bonchev–Trinajstić information content (AvgIpc) is 2.43. The van der Waals surface area contributed by atoms with Crippen molar-refractivity contribution in [2.75, 3.05) is 0 Å². The van der Waals surface area contributed by atoms with Gasteiger partial charge < -0.3 is 5.73 Å². The second-order valence-electron chi connectivity index (χ2n) is 5.14. The van der Waals surface area contributed by atoms with Gasteiger partial charge in [-0.25, -0.2) is 0 Å². The number of nitrogens with two attached hydrogens (primary N) is 1. The van der Waals surface area contributed by atoms with Gasteiger partial charge in [0.1, 0.15) is 5.69 Å². The van der Waals surface area contributed by atoms with E-state index in [1.165, 1.54) is 10.9 Å². The minimum atomic E-state index is -0.704. The number of Topliss-reactive ketones (excluding diaryl/α,β-unsaturated/α-hetero) is 1. The first kappa shape index (κ1) is 13.2. The van der Waals surface area contributed by atoms with E-state index in [4.69, 9.17) is 17.3 Å². The largest absolute Gasteiger partial charge is 0.325 e. The third-order valence-corrected chi connectivity index (χ3v) is 3.56. The molecule has 5 heteroatoms. The van der Waals surface area contributed by atoms with E-state index in [9.17, 15) is 4.79 Å². The van der Waals surface area contributed by atoms with Gasteiger partial charge in [-0.3, -0.25) is 9.48 Å². The summed E-state index contributed by atoms with van der Waals surface area (Å²) < 4.78 is 1.48. The Balaban J connectivity index is 3.23. The summed E-state index contributed by atoms with van der Waals surface area (Å²) in [6.45, 7) is 7.29. The van der Waals surface area contributed by atoms with E-state index in [1.54, 1.807) is 7.05 Å². The number of aryl methyl sites for hydroxylation is 1. The number of ketones is 1. The Bertz CT molecular complexity index is 396. The van der Waals surface area contributed by atoms with E-state index >= 15 is 0 Å². The van der Waals surface area contributed by atoms with Gasteiger partial charge in [0.2, 0.25) is 0 Å². The molecule has 0 aromatic carbocycles. The Hall–Kier alpha value is -0.870. The fourth-order valence-corrected chi connectivity index (χ4v) is 1.51. The highest BCUT2D eigenvalue weighted by atomic mass is 35.5. The zero-order chi connectivity index (χ0) is 12.7. The monoisotopic (exact) mass is 243 g/mol. The summed E-state index contributed by atoms with van der Waals surface area (Å²) in [6, 6.07) is 0. The average molecular weight is 244 g/mol. The first-order chi connectivity index (χ1) is 7.09. The second-order valence-corrected chi connectivity index (χ2v) is 5.55. The van der Waals surface area contributed by atoms with Crippen LogP contribution in [0.1, 0.15) is 38.2 Å². The number of carbonyl (C=O) groups excluding carboxylic acids is 1. The molecule has 0 saturated carbocycles. The third kappa shape index (κ3) is 1.99. The van der Waals surface area contributed by atoms with Gasteiger partial charge in [0, 0.05) is 18.0 Å². The van der Waals surface area contributed by atoms with Crippen molar-refractivity contribution in [3.8, 4) is 0 Å². The topological polar surface area (TPSA) is 60.9 Å². The van der Waals surface area contributed by atoms with E-state index in [0.717, 1.165) is 0 Å². The molecule has 0 unspecified atom stereocenters. The lowest BCUT2D eigenvalue weighted by Crippen LogP contribution is -2.52. The number of aromatic nitrogens is 2. The molecule has 16 heavy (non-hydrogen) atoms. The molecular weight excluding hydrogens is 226 g/mol. The summed E-state index contributed by atoms with van der Waals surface area (Å²) in [5, 5.41) is 4.32. The van der Waals surface area contributed by atoms with E-state index in [1.807, 2.05) is 27.7 Å². The van der Waals surface area contributed by atoms with Crippen LogP contribution < -0.4 is 5.73 Å². The van der Waals surface area contributed by atoms with Crippen molar-refractivity contribution in [2.24, 2.45) is 18.2 Å². The molecule has 0 fully saturated rings. The van der Waals surface area contributed by atoms with E-state index < -0.39 is 11.0 Å². The predicted octanol–water partition coefficient (Wildman–Crippen LogP) is 2.02. The van der Waals surface area contributed by atoms with Gasteiger partial charge in [-0.1, -0.05) is 25.4 Å². The highest BCUT2D eigenvalue weighted by molar-refractivity contribution is 6.33. The molecule has 4 nitrogen and oxygen atoms in total. The fraction of sp³-hybridized carbons (Fsp3) is 0.636. The Labute approximate surface area is 101 Å². The fourth-order valence-electron chi connectivity index (χ4n) is 1.25. The number of hydrogen-bond donors (Lipinski definition) is 1. The summed E-state index contributed by atoms with van der Waals surface area (Å²) in [5.74, 6) is -0.0926. The molecule has 0 amide bonds. The predicted molar refractivity (Wildman–Crippen MR) is 64.6 cm³/mol. The smallest absolute Gasteiger partial charge is 0.189 e. The molecule has 0 radical (unpaired) electrons. The number of halogens is 1. The van der Waals surface area contributed by atoms with Crippen molar-refractivity contribution in [1.29, 1.82) is 0 Å². The van der Waals surface area contributed by atoms with Crippen molar-refractivity contribution < 1.29 is 4.79 Å². The summed E-state index contributed by atoms with van der Waals surface area (Å²) >= 11 is 5.95. The molecule has 2 N–H and O–H groups in total. The van der Waals surface area contributed by atoms with Gasteiger partial charge in [0.25, 0.3) is 0 Å². The Morgan fingerprint density at radius 1 is 1.44 bits per heavy atom. The van der Waals surface area contributed by atoms with Crippen molar-refractivity contribution in [3.05, 3.63) is 16.9 Å². The molecule has 1 aromatic rings. The lowest BCUT2D eigenvalue weighted by molar-refractivity contribution is 0.0724. The van der Waals surface area contributed by atoms with Crippen LogP contribution in [0.15, 0.2) is 6.20 Å². The highest BCUT2D eigenvalue weighted by Gasteiger charge is 2.42. The molecule has 90 valence electrons. The molecule has 1 heterocycles. The number of carbonyl (C=O) groups is 1. The molecule has 0 bridgehead atoms. The number of hydrogen-bond acceptors (Lipinski definition) is 3. The van der Waals surface area contributed by atoms with E-state index in [2.05, 4.69) is 5.10 Å². The van der Waals surface area contributed by atoms with Gasteiger partial charge in [0.15, 0.2) is 5.78 Å². The maximum absolute atomic E-state index is 12.4. The lowest BCUT2D eigenvalue weighted by Gasteiger charge is -2.36. The van der Waals surface area contributed by atoms with Crippen LogP contribution in [0, 0.1) is 5.41 Å². The molecule has 0 aliphatic rings. The van der Waals surface area contributed by atoms with Crippen LogP contribution in [-0.4, -0.2) is 21.1 Å². The van der Waals surface area contributed by atoms with Crippen LogP contribution in [0.2, 0.25) is 5.02 Å². The quantitative estimate of drug-likeness (QED) is 0.827.